The maximum absolute atomic E-state index is 6.42. The normalized spacial score (nSPS) is 16.1. The molecule has 2 radical (unpaired) electrons. The van der Waals surface area contributed by atoms with Crippen molar-refractivity contribution in [1.82, 2.24) is 9.71 Å². The Balaban J connectivity index is 1.85. The van der Waals surface area contributed by atoms with Crippen molar-refractivity contribution < 1.29 is 9.47 Å². The van der Waals surface area contributed by atoms with Crippen LogP contribution in [0.5, 0.6) is 5.75 Å². The smallest absolute Gasteiger partial charge is 0.182 e. The van der Waals surface area contributed by atoms with E-state index in [-0.39, 0.29) is 0 Å². The highest BCUT2D eigenvalue weighted by Crippen LogP contribution is 2.30. The fraction of sp³-hybridized carbons (Fsp3) is 0.625. The molecule has 1 heterocycles. The van der Waals surface area contributed by atoms with Gasteiger partial charge in [0.25, 0.3) is 0 Å². The number of piperazine rings is 1. The van der Waals surface area contributed by atoms with Crippen molar-refractivity contribution in [2.45, 2.75) is 0 Å². The van der Waals surface area contributed by atoms with Gasteiger partial charge in [0.05, 0.1) is 17.3 Å². The number of hydrogen-bond donors (Lipinski definition) is 0. The van der Waals surface area contributed by atoms with Gasteiger partial charge in [0.15, 0.2) is 7.98 Å². The molecule has 0 aliphatic carbocycles. The molecule has 1 aliphatic heterocycles. The summed E-state index contributed by atoms with van der Waals surface area (Å²) in [6.07, 6.45) is 0. The second-order valence-electron chi connectivity index (χ2n) is 5.76. The lowest BCUT2D eigenvalue weighted by molar-refractivity contribution is 0.146. The van der Waals surface area contributed by atoms with Crippen molar-refractivity contribution in [3.63, 3.8) is 0 Å². The fourth-order valence-corrected chi connectivity index (χ4v) is 2.88. The van der Waals surface area contributed by atoms with Crippen LogP contribution in [0.1, 0.15) is 0 Å². The molecule has 2 rings (SSSR count). The lowest BCUT2D eigenvalue weighted by atomic mass is 10.2. The second-order valence-corrected chi connectivity index (χ2v) is 6.17. The Morgan fingerprint density at radius 2 is 1.96 bits per heavy atom. The number of rotatable bonds is 8. The summed E-state index contributed by atoms with van der Waals surface area (Å²) in [4.78, 5) is 6.48. The molecule has 1 aromatic rings. The number of hydrogen-bond acceptors (Lipinski definition) is 5. The summed E-state index contributed by atoms with van der Waals surface area (Å²) in [6.45, 7) is 6.97. The minimum Gasteiger partial charge on any atom is -0.491 e. The van der Waals surface area contributed by atoms with Gasteiger partial charge in [0, 0.05) is 45.9 Å². The summed E-state index contributed by atoms with van der Waals surface area (Å²) in [6, 6.07) is 5.88. The van der Waals surface area contributed by atoms with E-state index in [0.717, 1.165) is 55.7 Å². The average Bonchev–Trinajstić information content (AvgIpc) is 2.54. The lowest BCUT2D eigenvalue weighted by Crippen LogP contribution is -2.48. The molecule has 0 N–H and O–H groups in total. The molecule has 7 heteroatoms. The van der Waals surface area contributed by atoms with Crippen LogP contribution in [0.2, 0.25) is 5.02 Å². The first-order chi connectivity index (χ1) is 11.1. The minimum atomic E-state index is 0.528. The Morgan fingerprint density at radius 1 is 1.22 bits per heavy atom. The van der Waals surface area contributed by atoms with E-state index in [2.05, 4.69) is 9.80 Å². The van der Waals surface area contributed by atoms with Crippen LogP contribution in [0, 0.1) is 0 Å². The zero-order valence-electron chi connectivity index (χ0n) is 14.0. The number of benzene rings is 1. The van der Waals surface area contributed by atoms with Crippen LogP contribution in [0.3, 0.4) is 0 Å². The first-order valence-corrected chi connectivity index (χ1v) is 8.32. The number of halogens is 1. The average molecular weight is 338 g/mol. The molecule has 0 unspecified atom stereocenters. The molecule has 5 nitrogen and oxygen atoms in total. The number of likely N-dealkylation sites (N-methyl/N-ethyl adjacent to an activating group) is 1. The van der Waals surface area contributed by atoms with Crippen LogP contribution in [0.4, 0.5) is 5.69 Å². The van der Waals surface area contributed by atoms with E-state index in [1.807, 2.05) is 25.2 Å². The number of anilines is 1. The molecule has 0 spiro atoms. The summed E-state index contributed by atoms with van der Waals surface area (Å²) < 4.78 is 10.6. The van der Waals surface area contributed by atoms with Crippen LogP contribution in [-0.4, -0.2) is 84.3 Å². The first-order valence-electron chi connectivity index (χ1n) is 7.94. The van der Waals surface area contributed by atoms with E-state index in [0.29, 0.717) is 13.2 Å². The molecular weight excluding hydrogens is 312 g/mol. The van der Waals surface area contributed by atoms with E-state index < -0.39 is 0 Å². The zero-order chi connectivity index (χ0) is 16.7. The molecule has 1 aliphatic rings. The van der Waals surface area contributed by atoms with Crippen molar-refractivity contribution in [2.24, 2.45) is 0 Å². The van der Waals surface area contributed by atoms with Crippen LogP contribution in [0.25, 0.3) is 0 Å². The third kappa shape index (κ3) is 5.88. The number of nitrogens with zero attached hydrogens (tertiary/aromatic N) is 3. The summed E-state index contributed by atoms with van der Waals surface area (Å²) in [5.41, 5.74) is 1.07. The predicted molar refractivity (Wildman–Crippen MR) is 95.9 cm³/mol. The van der Waals surface area contributed by atoms with Crippen LogP contribution in [-0.2, 0) is 4.74 Å². The predicted octanol–water partition coefficient (Wildman–Crippen LogP) is 1.50. The van der Waals surface area contributed by atoms with Gasteiger partial charge in [-0.3, -0.25) is 4.90 Å². The summed E-state index contributed by atoms with van der Waals surface area (Å²) in [5.74, 6) is 0.778. The van der Waals surface area contributed by atoms with E-state index in [4.69, 9.17) is 29.1 Å². The van der Waals surface area contributed by atoms with Gasteiger partial charge in [-0.05, 0) is 25.7 Å². The molecule has 0 aromatic heterocycles. The maximum Gasteiger partial charge on any atom is 0.182 e. The molecule has 0 amide bonds. The molecule has 1 saturated heterocycles. The molecule has 1 fully saturated rings. The summed E-state index contributed by atoms with van der Waals surface area (Å²) in [5, 5.41) is 0.732. The number of ether oxygens (including phenoxy) is 2. The maximum atomic E-state index is 6.42. The molecule has 1 aromatic carbocycles. The summed E-state index contributed by atoms with van der Waals surface area (Å²) in [7, 11) is 9.22. The van der Waals surface area contributed by atoms with Crippen LogP contribution < -0.4 is 9.64 Å². The van der Waals surface area contributed by atoms with E-state index in [9.17, 15) is 0 Å². The quantitative estimate of drug-likeness (QED) is 0.529. The Kier molecular flexibility index (Phi) is 7.50. The highest BCUT2D eigenvalue weighted by Gasteiger charge is 2.19. The van der Waals surface area contributed by atoms with Crippen LogP contribution in [0.15, 0.2) is 18.2 Å². The summed E-state index contributed by atoms with van der Waals surface area (Å²) >= 11 is 6.42. The lowest BCUT2D eigenvalue weighted by Gasteiger charge is -2.37. The standard InChI is InChI=1S/C16H25BClN3O2/c1-19(17)5-6-20-7-9-21(10-8-20)16-4-3-14(13-15(16)18)23-12-11-22-2/h3-4,13H,5-12H2,1-2H3. The Hall–Kier alpha value is -0.945. The van der Waals surface area contributed by atoms with Crippen molar-refractivity contribution in [1.29, 1.82) is 0 Å². The Bertz CT molecular complexity index is 482. The fourth-order valence-electron chi connectivity index (χ4n) is 2.59. The third-order valence-corrected chi connectivity index (χ3v) is 4.26. The van der Waals surface area contributed by atoms with Gasteiger partial charge in [-0.15, -0.1) is 0 Å². The number of methoxy groups -OCH3 is 1. The monoisotopic (exact) mass is 337 g/mol. The van der Waals surface area contributed by atoms with Crippen molar-refractivity contribution >= 4 is 25.3 Å². The Morgan fingerprint density at radius 3 is 2.57 bits per heavy atom. The molecule has 0 atom stereocenters. The van der Waals surface area contributed by atoms with Gasteiger partial charge in [-0.2, -0.15) is 0 Å². The van der Waals surface area contributed by atoms with E-state index in [1.165, 1.54) is 0 Å². The van der Waals surface area contributed by atoms with E-state index >= 15 is 0 Å². The van der Waals surface area contributed by atoms with Crippen LogP contribution >= 0.6 is 11.6 Å². The molecule has 0 bridgehead atoms. The Labute approximate surface area is 145 Å². The molecule has 0 saturated carbocycles. The van der Waals surface area contributed by atoms with Gasteiger partial charge < -0.3 is 19.2 Å². The van der Waals surface area contributed by atoms with Gasteiger partial charge in [0.1, 0.15) is 12.4 Å². The van der Waals surface area contributed by atoms with Crippen molar-refractivity contribution in [3.8, 4) is 5.75 Å². The third-order valence-electron chi connectivity index (χ3n) is 3.96. The van der Waals surface area contributed by atoms with Gasteiger partial charge >= 0.3 is 0 Å². The van der Waals surface area contributed by atoms with Gasteiger partial charge in [-0.25, -0.2) is 0 Å². The largest absolute Gasteiger partial charge is 0.491 e. The van der Waals surface area contributed by atoms with Gasteiger partial charge in [0.2, 0.25) is 0 Å². The van der Waals surface area contributed by atoms with Crippen molar-refractivity contribution in [2.75, 3.05) is 71.5 Å². The highest BCUT2D eigenvalue weighted by atomic mass is 35.5. The first kappa shape index (κ1) is 18.4. The zero-order valence-corrected chi connectivity index (χ0v) is 14.8. The van der Waals surface area contributed by atoms with Gasteiger partial charge in [-0.1, -0.05) is 11.6 Å². The topological polar surface area (TPSA) is 28.2 Å². The molecule has 23 heavy (non-hydrogen) atoms. The minimum absolute atomic E-state index is 0.528. The highest BCUT2D eigenvalue weighted by molar-refractivity contribution is 6.33. The molecule has 126 valence electrons. The second kappa shape index (κ2) is 9.37. The molecular formula is C16H25BClN3O2. The SMILES string of the molecule is [B]N(C)CCN1CCN(c2ccc(OCCOC)cc2Cl)CC1. The van der Waals surface area contributed by atoms with E-state index in [1.54, 1.807) is 11.9 Å². The van der Waals surface area contributed by atoms with Crippen molar-refractivity contribution in [3.05, 3.63) is 23.2 Å².